The van der Waals surface area contributed by atoms with Crippen molar-refractivity contribution in [3.8, 4) is 0 Å². The van der Waals surface area contributed by atoms with Crippen molar-refractivity contribution >= 4 is 33.1 Å². The van der Waals surface area contributed by atoms with Crippen LogP contribution in [0.1, 0.15) is 36.4 Å². The summed E-state index contributed by atoms with van der Waals surface area (Å²) in [5.74, 6) is 1.66. The summed E-state index contributed by atoms with van der Waals surface area (Å²) in [6, 6.07) is 2.03. The van der Waals surface area contributed by atoms with Gasteiger partial charge in [0, 0.05) is 23.6 Å². The molecule has 0 fully saturated rings. The lowest BCUT2D eigenvalue weighted by molar-refractivity contribution is 0.840. The van der Waals surface area contributed by atoms with Gasteiger partial charge in [-0.2, -0.15) is 0 Å². The summed E-state index contributed by atoms with van der Waals surface area (Å²) < 4.78 is 0.805. The molecule has 2 heterocycles. The van der Waals surface area contributed by atoms with E-state index in [1.807, 2.05) is 19.9 Å². The van der Waals surface area contributed by atoms with Crippen LogP contribution >= 0.6 is 27.3 Å². The molecule has 2 aromatic heterocycles. The van der Waals surface area contributed by atoms with Gasteiger partial charge in [-0.3, -0.25) is 0 Å². The van der Waals surface area contributed by atoms with Crippen LogP contribution in [0, 0.1) is 6.92 Å². The van der Waals surface area contributed by atoms with Gasteiger partial charge in [-0.15, -0.1) is 11.3 Å². The molecule has 0 aromatic carbocycles. The molecule has 0 amide bonds. The Bertz CT molecular complexity index is 541. The average molecular weight is 327 g/mol. The van der Waals surface area contributed by atoms with Crippen LogP contribution in [-0.4, -0.2) is 15.0 Å². The van der Waals surface area contributed by atoms with Gasteiger partial charge in [0.05, 0.1) is 6.04 Å². The lowest BCUT2D eigenvalue weighted by Gasteiger charge is -2.12. The molecule has 0 bridgehead atoms. The van der Waals surface area contributed by atoms with Crippen LogP contribution < -0.4 is 5.32 Å². The topological polar surface area (TPSA) is 50.7 Å². The van der Waals surface area contributed by atoms with Crippen molar-refractivity contribution in [1.29, 1.82) is 0 Å². The van der Waals surface area contributed by atoms with Gasteiger partial charge < -0.3 is 5.32 Å². The van der Waals surface area contributed by atoms with Gasteiger partial charge in [-0.05, 0) is 29.8 Å². The van der Waals surface area contributed by atoms with Crippen LogP contribution in [0.3, 0.4) is 0 Å². The molecule has 18 heavy (non-hydrogen) atoms. The van der Waals surface area contributed by atoms with Crippen molar-refractivity contribution in [2.24, 2.45) is 0 Å². The number of nitrogens with zero attached hydrogens (tertiary/aromatic N) is 3. The van der Waals surface area contributed by atoms with E-state index in [0.29, 0.717) is 0 Å². The number of aryl methyl sites for hydroxylation is 2. The fourth-order valence-corrected chi connectivity index (χ4v) is 2.78. The first-order chi connectivity index (χ1) is 8.58. The van der Waals surface area contributed by atoms with E-state index in [1.54, 1.807) is 11.3 Å². The highest BCUT2D eigenvalue weighted by molar-refractivity contribution is 9.10. The zero-order chi connectivity index (χ0) is 13.1. The Morgan fingerprint density at radius 1 is 1.39 bits per heavy atom. The Morgan fingerprint density at radius 2 is 2.17 bits per heavy atom. The normalized spacial score (nSPS) is 12.4. The van der Waals surface area contributed by atoms with Gasteiger partial charge in [0.25, 0.3) is 0 Å². The highest BCUT2D eigenvalue weighted by atomic mass is 79.9. The van der Waals surface area contributed by atoms with E-state index in [-0.39, 0.29) is 6.04 Å². The Kier molecular flexibility index (Phi) is 4.29. The van der Waals surface area contributed by atoms with E-state index in [1.165, 1.54) is 0 Å². The van der Waals surface area contributed by atoms with Crippen molar-refractivity contribution in [3.63, 3.8) is 0 Å². The Hall–Kier alpha value is -1.01. The molecule has 1 atom stereocenters. The molecule has 0 saturated heterocycles. The fraction of sp³-hybridized carbons (Fsp3) is 0.417. The molecule has 0 aliphatic rings. The van der Waals surface area contributed by atoms with E-state index >= 15 is 0 Å². The third-order valence-corrected chi connectivity index (χ3v) is 3.98. The lowest BCUT2D eigenvalue weighted by atomic mass is 10.3. The van der Waals surface area contributed by atoms with Crippen molar-refractivity contribution in [3.05, 3.63) is 32.6 Å². The predicted molar refractivity (Wildman–Crippen MR) is 78.0 cm³/mol. The summed E-state index contributed by atoms with van der Waals surface area (Å²) >= 11 is 5.06. The molecule has 0 radical (unpaired) electrons. The van der Waals surface area contributed by atoms with Crippen LogP contribution in [0.2, 0.25) is 0 Å². The van der Waals surface area contributed by atoms with E-state index in [2.05, 4.69) is 48.5 Å². The molecule has 0 saturated carbocycles. The van der Waals surface area contributed by atoms with Crippen LogP contribution in [-0.2, 0) is 6.42 Å². The van der Waals surface area contributed by atoms with E-state index < -0.39 is 0 Å². The first-order valence-corrected chi connectivity index (χ1v) is 7.47. The molecule has 1 N–H and O–H groups in total. The molecule has 0 aliphatic heterocycles. The van der Waals surface area contributed by atoms with Gasteiger partial charge in [-0.25, -0.2) is 15.0 Å². The number of anilines is 1. The number of hydrogen-bond donors (Lipinski definition) is 1. The van der Waals surface area contributed by atoms with Crippen molar-refractivity contribution in [1.82, 2.24) is 15.0 Å². The van der Waals surface area contributed by atoms with E-state index in [9.17, 15) is 0 Å². The maximum absolute atomic E-state index is 4.47. The SMILES string of the molecule is CCc1nc(Br)cc(NC(C)c2nc(C)cs2)n1. The highest BCUT2D eigenvalue weighted by Crippen LogP contribution is 2.22. The summed E-state index contributed by atoms with van der Waals surface area (Å²) in [6.45, 7) is 6.13. The second-order valence-corrected chi connectivity index (χ2v) is 5.74. The average Bonchev–Trinajstić information content (AvgIpc) is 2.75. The second kappa shape index (κ2) is 5.75. The molecule has 0 spiro atoms. The first-order valence-electron chi connectivity index (χ1n) is 5.80. The molecular weight excluding hydrogens is 312 g/mol. The maximum atomic E-state index is 4.47. The first kappa shape index (κ1) is 13.4. The minimum atomic E-state index is 0.148. The summed E-state index contributed by atoms with van der Waals surface area (Å²) in [5, 5.41) is 6.48. The van der Waals surface area contributed by atoms with Gasteiger partial charge >= 0.3 is 0 Å². The smallest absolute Gasteiger partial charge is 0.131 e. The van der Waals surface area contributed by atoms with Gasteiger partial charge in [0.1, 0.15) is 21.3 Å². The summed E-state index contributed by atoms with van der Waals surface area (Å²) in [4.78, 5) is 13.2. The quantitative estimate of drug-likeness (QED) is 0.869. The summed E-state index contributed by atoms with van der Waals surface area (Å²) in [7, 11) is 0. The zero-order valence-electron chi connectivity index (χ0n) is 10.6. The van der Waals surface area contributed by atoms with Gasteiger partial charge in [-0.1, -0.05) is 6.92 Å². The van der Waals surface area contributed by atoms with Crippen LogP contribution in [0.5, 0.6) is 0 Å². The number of hydrogen-bond acceptors (Lipinski definition) is 5. The Labute approximate surface area is 119 Å². The molecule has 1 unspecified atom stereocenters. The molecule has 2 aromatic rings. The highest BCUT2D eigenvalue weighted by Gasteiger charge is 2.11. The third-order valence-electron chi connectivity index (χ3n) is 2.43. The maximum Gasteiger partial charge on any atom is 0.131 e. The fourth-order valence-electron chi connectivity index (χ4n) is 1.55. The second-order valence-electron chi connectivity index (χ2n) is 4.04. The molecule has 0 aliphatic carbocycles. The van der Waals surface area contributed by atoms with Gasteiger partial charge in [0.15, 0.2) is 0 Å². The molecular formula is C12H15BrN4S. The van der Waals surface area contributed by atoms with Gasteiger partial charge in [0.2, 0.25) is 0 Å². The van der Waals surface area contributed by atoms with Crippen LogP contribution in [0.4, 0.5) is 5.82 Å². The molecule has 4 nitrogen and oxygen atoms in total. The monoisotopic (exact) mass is 326 g/mol. The molecule has 96 valence electrons. The predicted octanol–water partition coefficient (Wildman–Crippen LogP) is 3.74. The Balaban J connectivity index is 2.16. The van der Waals surface area contributed by atoms with E-state index in [4.69, 9.17) is 0 Å². The summed E-state index contributed by atoms with van der Waals surface area (Å²) in [6.07, 6.45) is 0.818. The summed E-state index contributed by atoms with van der Waals surface area (Å²) in [5.41, 5.74) is 1.06. The molecule has 6 heteroatoms. The van der Waals surface area contributed by atoms with Crippen molar-refractivity contribution in [2.45, 2.75) is 33.2 Å². The minimum Gasteiger partial charge on any atom is -0.361 e. The number of rotatable bonds is 4. The third kappa shape index (κ3) is 3.26. The van der Waals surface area contributed by atoms with E-state index in [0.717, 1.165) is 33.4 Å². The Morgan fingerprint density at radius 3 is 2.78 bits per heavy atom. The number of aromatic nitrogens is 3. The van der Waals surface area contributed by atoms with Crippen molar-refractivity contribution in [2.75, 3.05) is 5.32 Å². The standard InChI is InChI=1S/C12H15BrN4S/c1-4-10-16-9(13)5-11(17-10)15-8(3)12-14-7(2)6-18-12/h5-6,8H,4H2,1-3H3,(H,15,16,17). The largest absolute Gasteiger partial charge is 0.361 e. The number of thiazole rings is 1. The zero-order valence-corrected chi connectivity index (χ0v) is 13.0. The van der Waals surface area contributed by atoms with Crippen LogP contribution in [0.25, 0.3) is 0 Å². The lowest BCUT2D eigenvalue weighted by Crippen LogP contribution is -2.09. The number of halogens is 1. The van der Waals surface area contributed by atoms with Crippen LogP contribution in [0.15, 0.2) is 16.0 Å². The minimum absolute atomic E-state index is 0.148. The number of nitrogens with one attached hydrogen (secondary N) is 1. The molecule has 2 rings (SSSR count). The van der Waals surface area contributed by atoms with Crippen molar-refractivity contribution < 1.29 is 0 Å².